The molecule has 1 amide bonds. The minimum atomic E-state index is -0.0195. The number of rotatable bonds is 7. The van der Waals surface area contributed by atoms with Crippen LogP contribution in [0.5, 0.6) is 11.5 Å². The number of benzene rings is 2. The average molecular weight is 425 g/mol. The van der Waals surface area contributed by atoms with Gasteiger partial charge >= 0.3 is 0 Å². The number of hydrogen-bond donors (Lipinski definition) is 0. The zero-order chi connectivity index (χ0) is 21.7. The van der Waals surface area contributed by atoms with E-state index in [9.17, 15) is 4.79 Å². The fourth-order valence-electron chi connectivity index (χ4n) is 3.07. The molecule has 2 aromatic carbocycles. The smallest absolute Gasteiger partial charge is 0.266 e. The second kappa shape index (κ2) is 9.85. The highest BCUT2D eigenvalue weighted by Gasteiger charge is 2.36. The van der Waals surface area contributed by atoms with Crippen molar-refractivity contribution in [3.05, 3.63) is 58.5 Å². The summed E-state index contributed by atoms with van der Waals surface area (Å²) >= 11 is 1.41. The predicted octanol–water partition coefficient (Wildman–Crippen LogP) is 5.80. The maximum absolute atomic E-state index is 13.2. The van der Waals surface area contributed by atoms with Crippen molar-refractivity contribution in [2.75, 3.05) is 13.7 Å². The summed E-state index contributed by atoms with van der Waals surface area (Å²) in [6.07, 6.45) is 2.74. The standard InChI is InChI=1S/C24H28N2O3S/c1-6-17(4)26-23(27)22(30-24(26)25-19-11-8-16(3)9-12-19)15-18-10-13-20(28-5)21(14-18)29-7-2/h8-15,17H,6-7H2,1-5H3/b22-15+,25-24?/t17-/m1/s1. The summed E-state index contributed by atoms with van der Waals surface area (Å²) in [7, 11) is 1.62. The van der Waals surface area contributed by atoms with Gasteiger partial charge in [-0.05, 0) is 74.9 Å². The van der Waals surface area contributed by atoms with Crippen molar-refractivity contribution in [1.82, 2.24) is 4.90 Å². The summed E-state index contributed by atoms with van der Waals surface area (Å²) in [6, 6.07) is 13.7. The van der Waals surface area contributed by atoms with Gasteiger partial charge in [-0.1, -0.05) is 30.7 Å². The molecular weight excluding hydrogens is 396 g/mol. The van der Waals surface area contributed by atoms with Crippen molar-refractivity contribution in [3.8, 4) is 11.5 Å². The predicted molar refractivity (Wildman–Crippen MR) is 125 cm³/mol. The zero-order valence-electron chi connectivity index (χ0n) is 18.1. The first-order valence-corrected chi connectivity index (χ1v) is 11.0. The maximum Gasteiger partial charge on any atom is 0.266 e. The number of thioether (sulfide) groups is 1. The normalized spacial score (nSPS) is 17.6. The van der Waals surface area contributed by atoms with Gasteiger partial charge in [-0.25, -0.2) is 4.99 Å². The Bertz CT molecular complexity index is 967. The van der Waals surface area contributed by atoms with Gasteiger partial charge in [0, 0.05) is 6.04 Å². The number of carbonyl (C=O) groups excluding carboxylic acids is 1. The quantitative estimate of drug-likeness (QED) is 0.527. The van der Waals surface area contributed by atoms with Crippen LogP contribution >= 0.6 is 11.8 Å². The third-order valence-electron chi connectivity index (χ3n) is 4.91. The van der Waals surface area contributed by atoms with Crippen molar-refractivity contribution in [2.45, 2.75) is 40.2 Å². The van der Waals surface area contributed by atoms with E-state index in [1.54, 1.807) is 12.0 Å². The molecule has 0 unspecified atom stereocenters. The van der Waals surface area contributed by atoms with Crippen LogP contribution in [0.2, 0.25) is 0 Å². The van der Waals surface area contributed by atoms with E-state index in [4.69, 9.17) is 14.5 Å². The van der Waals surface area contributed by atoms with E-state index in [1.807, 2.05) is 69.3 Å². The summed E-state index contributed by atoms with van der Waals surface area (Å²) in [5.74, 6) is 1.32. The van der Waals surface area contributed by atoms with Gasteiger partial charge in [0.15, 0.2) is 16.7 Å². The molecule has 1 fully saturated rings. The molecule has 3 rings (SSSR count). The molecule has 1 saturated heterocycles. The monoisotopic (exact) mass is 424 g/mol. The van der Waals surface area contributed by atoms with Crippen LogP contribution < -0.4 is 9.47 Å². The van der Waals surface area contributed by atoms with E-state index < -0.39 is 0 Å². The van der Waals surface area contributed by atoms with Crippen LogP contribution in [-0.4, -0.2) is 35.7 Å². The van der Waals surface area contributed by atoms with E-state index in [0.29, 0.717) is 28.2 Å². The number of amidine groups is 1. The number of methoxy groups -OCH3 is 1. The second-order valence-corrected chi connectivity index (χ2v) is 8.13. The van der Waals surface area contributed by atoms with Gasteiger partial charge in [-0.15, -0.1) is 0 Å². The molecule has 1 aliphatic heterocycles. The van der Waals surface area contributed by atoms with E-state index in [2.05, 4.69) is 6.92 Å². The fourth-order valence-corrected chi connectivity index (χ4v) is 4.16. The topological polar surface area (TPSA) is 51.1 Å². The Kier molecular flexibility index (Phi) is 7.21. The fraction of sp³-hybridized carbons (Fsp3) is 0.333. The molecule has 158 valence electrons. The number of aliphatic imine (C=N–C) groups is 1. The Labute approximate surface area is 182 Å². The number of carbonyl (C=O) groups is 1. The SMILES string of the molecule is CCOc1cc(/C=C2/SC(=Nc3ccc(C)cc3)N([C@H](C)CC)C2=O)ccc1OC. The molecule has 6 heteroatoms. The third kappa shape index (κ3) is 4.87. The van der Waals surface area contributed by atoms with Gasteiger partial charge in [-0.3, -0.25) is 9.69 Å². The van der Waals surface area contributed by atoms with Crippen LogP contribution in [0.4, 0.5) is 5.69 Å². The Morgan fingerprint density at radius 2 is 1.87 bits per heavy atom. The van der Waals surface area contributed by atoms with Crippen LogP contribution in [0.15, 0.2) is 52.4 Å². The molecule has 5 nitrogen and oxygen atoms in total. The second-order valence-electron chi connectivity index (χ2n) is 7.12. The highest BCUT2D eigenvalue weighted by molar-refractivity contribution is 8.18. The zero-order valence-corrected chi connectivity index (χ0v) is 19.0. The molecule has 0 bridgehead atoms. The number of aryl methyl sites for hydroxylation is 1. The molecule has 30 heavy (non-hydrogen) atoms. The summed E-state index contributed by atoms with van der Waals surface area (Å²) < 4.78 is 11.0. The number of ether oxygens (including phenoxy) is 2. The molecule has 0 N–H and O–H groups in total. The average Bonchev–Trinajstić information content (AvgIpc) is 3.04. The molecule has 0 saturated carbocycles. The molecule has 1 atom stereocenters. The molecule has 0 aromatic heterocycles. The lowest BCUT2D eigenvalue weighted by Gasteiger charge is -2.22. The van der Waals surface area contributed by atoms with E-state index >= 15 is 0 Å². The molecule has 0 spiro atoms. The Hall–Kier alpha value is -2.73. The lowest BCUT2D eigenvalue weighted by molar-refractivity contribution is -0.123. The van der Waals surface area contributed by atoms with Gasteiger partial charge in [0.25, 0.3) is 5.91 Å². The van der Waals surface area contributed by atoms with Crippen molar-refractivity contribution in [2.24, 2.45) is 4.99 Å². The summed E-state index contributed by atoms with van der Waals surface area (Å²) in [5.41, 5.74) is 2.90. The molecule has 0 aliphatic carbocycles. The first-order valence-electron chi connectivity index (χ1n) is 10.2. The van der Waals surface area contributed by atoms with E-state index in [1.165, 1.54) is 17.3 Å². The van der Waals surface area contributed by atoms with Crippen LogP contribution in [0.1, 0.15) is 38.3 Å². The maximum atomic E-state index is 13.2. The molecule has 1 heterocycles. The number of amides is 1. The summed E-state index contributed by atoms with van der Waals surface area (Å²) in [4.78, 5) is 20.4. The van der Waals surface area contributed by atoms with Crippen molar-refractivity contribution in [3.63, 3.8) is 0 Å². The van der Waals surface area contributed by atoms with Gasteiger partial charge in [0.05, 0.1) is 24.3 Å². The first-order chi connectivity index (χ1) is 14.5. The van der Waals surface area contributed by atoms with Gasteiger partial charge in [0.1, 0.15) is 0 Å². The Morgan fingerprint density at radius 3 is 2.50 bits per heavy atom. The number of nitrogens with zero attached hydrogens (tertiary/aromatic N) is 2. The van der Waals surface area contributed by atoms with Crippen molar-refractivity contribution >= 4 is 34.6 Å². The molecule has 2 aromatic rings. The minimum Gasteiger partial charge on any atom is -0.493 e. The Balaban J connectivity index is 1.97. The lowest BCUT2D eigenvalue weighted by Crippen LogP contribution is -2.36. The van der Waals surface area contributed by atoms with Crippen molar-refractivity contribution in [1.29, 1.82) is 0 Å². The van der Waals surface area contributed by atoms with E-state index in [-0.39, 0.29) is 11.9 Å². The molecule has 0 radical (unpaired) electrons. The van der Waals surface area contributed by atoms with Crippen LogP contribution in [0, 0.1) is 6.92 Å². The molecule has 1 aliphatic rings. The first kappa shape index (κ1) is 22.0. The highest BCUT2D eigenvalue weighted by Crippen LogP contribution is 2.37. The third-order valence-corrected chi connectivity index (χ3v) is 5.90. The van der Waals surface area contributed by atoms with Gasteiger partial charge in [-0.2, -0.15) is 0 Å². The van der Waals surface area contributed by atoms with Crippen LogP contribution in [0.25, 0.3) is 6.08 Å². The molecular formula is C24H28N2O3S. The highest BCUT2D eigenvalue weighted by atomic mass is 32.2. The minimum absolute atomic E-state index is 0.0195. The van der Waals surface area contributed by atoms with Crippen LogP contribution in [-0.2, 0) is 4.79 Å². The largest absolute Gasteiger partial charge is 0.493 e. The van der Waals surface area contributed by atoms with Gasteiger partial charge in [0.2, 0.25) is 0 Å². The van der Waals surface area contributed by atoms with Crippen LogP contribution in [0.3, 0.4) is 0 Å². The summed E-state index contributed by atoms with van der Waals surface area (Å²) in [5, 5.41) is 0.711. The summed E-state index contributed by atoms with van der Waals surface area (Å²) in [6.45, 7) is 8.64. The number of hydrogen-bond acceptors (Lipinski definition) is 5. The van der Waals surface area contributed by atoms with Gasteiger partial charge < -0.3 is 9.47 Å². The van der Waals surface area contributed by atoms with Crippen molar-refractivity contribution < 1.29 is 14.3 Å². The Morgan fingerprint density at radius 1 is 1.13 bits per heavy atom. The lowest BCUT2D eigenvalue weighted by atomic mass is 10.1. The van der Waals surface area contributed by atoms with E-state index in [0.717, 1.165) is 17.7 Å².